The molecule has 2 N–H and O–H groups in total. The van der Waals surface area contributed by atoms with Crippen LogP contribution in [0, 0.1) is 0 Å². The predicted octanol–water partition coefficient (Wildman–Crippen LogP) is 0.156. The zero-order chi connectivity index (χ0) is 11.7. The fraction of sp³-hybridized carbons (Fsp3) is 0.273. The quantitative estimate of drug-likeness (QED) is 0.785. The number of hydrogen-bond donors (Lipinski definition) is 2. The van der Waals surface area contributed by atoms with Crippen LogP contribution in [-0.4, -0.2) is 26.5 Å². The summed E-state index contributed by atoms with van der Waals surface area (Å²) in [6.07, 6.45) is 0.814. The number of tetrazole rings is 1. The molecule has 6 nitrogen and oxygen atoms in total. The number of amides is 1. The second-order valence-corrected chi connectivity index (χ2v) is 4.00. The molecule has 0 spiro atoms. The molecule has 0 saturated heterocycles. The number of H-pyrrole nitrogens is 1. The number of hydrogen-bond acceptors (Lipinski definition) is 4. The van der Waals surface area contributed by atoms with Gasteiger partial charge in [-0.05, 0) is 17.5 Å². The molecule has 2 aromatic rings. The summed E-state index contributed by atoms with van der Waals surface area (Å²) in [6, 6.07) is 8.00. The third-order valence-electron chi connectivity index (χ3n) is 2.98. The van der Waals surface area contributed by atoms with Crippen LogP contribution in [-0.2, 0) is 17.8 Å². The molecule has 1 heterocycles. The molecule has 17 heavy (non-hydrogen) atoms. The number of carbonyl (C=O) groups excluding carboxylic acids is 1. The second-order valence-electron chi connectivity index (χ2n) is 4.00. The van der Waals surface area contributed by atoms with E-state index in [0.29, 0.717) is 12.4 Å². The van der Waals surface area contributed by atoms with Crippen LogP contribution < -0.4 is 5.32 Å². The lowest BCUT2D eigenvalue weighted by molar-refractivity contribution is -0.123. The van der Waals surface area contributed by atoms with Crippen molar-refractivity contribution in [2.75, 3.05) is 0 Å². The van der Waals surface area contributed by atoms with E-state index in [0.717, 1.165) is 12.0 Å². The standard InChI is InChI=1S/C11H11N5O/c17-11(12-6-10-13-15-16-14-10)9-5-7-3-1-2-4-8(7)9/h1-4,9H,5-6H2,(H,12,17)(H,13,14,15,16). The van der Waals surface area contributed by atoms with E-state index < -0.39 is 0 Å². The first-order valence-corrected chi connectivity index (χ1v) is 5.42. The fourth-order valence-electron chi connectivity index (χ4n) is 2.04. The van der Waals surface area contributed by atoms with E-state index in [1.54, 1.807) is 0 Å². The van der Waals surface area contributed by atoms with Crippen molar-refractivity contribution in [3.8, 4) is 0 Å². The maximum absolute atomic E-state index is 11.9. The molecule has 1 aromatic heterocycles. The van der Waals surface area contributed by atoms with Crippen molar-refractivity contribution >= 4 is 5.91 Å². The van der Waals surface area contributed by atoms with Gasteiger partial charge in [0.05, 0.1) is 12.5 Å². The Morgan fingerprint density at radius 2 is 2.35 bits per heavy atom. The minimum Gasteiger partial charge on any atom is -0.348 e. The smallest absolute Gasteiger partial charge is 0.228 e. The third-order valence-corrected chi connectivity index (χ3v) is 2.98. The fourth-order valence-corrected chi connectivity index (χ4v) is 2.04. The van der Waals surface area contributed by atoms with Crippen LogP contribution in [0.4, 0.5) is 0 Å². The molecule has 0 fully saturated rings. The summed E-state index contributed by atoms with van der Waals surface area (Å²) in [4.78, 5) is 11.9. The molecule has 0 saturated carbocycles. The van der Waals surface area contributed by atoms with E-state index >= 15 is 0 Å². The zero-order valence-electron chi connectivity index (χ0n) is 9.05. The normalized spacial score (nSPS) is 17.1. The lowest BCUT2D eigenvalue weighted by Crippen LogP contribution is -2.35. The van der Waals surface area contributed by atoms with Crippen LogP contribution in [0.5, 0.6) is 0 Å². The topological polar surface area (TPSA) is 83.6 Å². The van der Waals surface area contributed by atoms with Gasteiger partial charge in [0, 0.05) is 0 Å². The van der Waals surface area contributed by atoms with Gasteiger partial charge in [-0.25, -0.2) is 0 Å². The number of fused-ring (bicyclic) bond motifs is 1. The number of rotatable bonds is 3. The predicted molar refractivity (Wildman–Crippen MR) is 58.9 cm³/mol. The van der Waals surface area contributed by atoms with Crippen LogP contribution in [0.3, 0.4) is 0 Å². The van der Waals surface area contributed by atoms with E-state index in [-0.39, 0.29) is 11.8 Å². The van der Waals surface area contributed by atoms with Gasteiger partial charge in [0.25, 0.3) is 0 Å². The molecule has 3 rings (SSSR count). The van der Waals surface area contributed by atoms with Gasteiger partial charge >= 0.3 is 0 Å². The zero-order valence-corrected chi connectivity index (χ0v) is 9.05. The SMILES string of the molecule is O=C(NCc1nn[nH]n1)C1Cc2ccccc21. The van der Waals surface area contributed by atoms with Crippen LogP contribution >= 0.6 is 0 Å². The number of benzene rings is 1. The van der Waals surface area contributed by atoms with Crippen LogP contribution in [0.15, 0.2) is 24.3 Å². The number of aromatic amines is 1. The van der Waals surface area contributed by atoms with Gasteiger partial charge in [0.1, 0.15) is 0 Å². The summed E-state index contributed by atoms with van der Waals surface area (Å²) in [5, 5.41) is 16.1. The second kappa shape index (κ2) is 3.97. The Morgan fingerprint density at radius 1 is 1.47 bits per heavy atom. The van der Waals surface area contributed by atoms with Gasteiger partial charge in [-0.2, -0.15) is 5.21 Å². The van der Waals surface area contributed by atoms with Gasteiger partial charge in [0.2, 0.25) is 5.91 Å². The summed E-state index contributed by atoms with van der Waals surface area (Å²) >= 11 is 0. The molecule has 1 atom stereocenters. The van der Waals surface area contributed by atoms with Crippen molar-refractivity contribution in [3.05, 3.63) is 41.2 Å². The van der Waals surface area contributed by atoms with Crippen LogP contribution in [0.25, 0.3) is 0 Å². The van der Waals surface area contributed by atoms with E-state index in [1.165, 1.54) is 5.56 Å². The molecule has 1 aliphatic carbocycles. The highest BCUT2D eigenvalue weighted by molar-refractivity contribution is 5.86. The summed E-state index contributed by atoms with van der Waals surface area (Å²) < 4.78 is 0. The number of nitrogens with zero attached hydrogens (tertiary/aromatic N) is 3. The largest absolute Gasteiger partial charge is 0.348 e. The summed E-state index contributed by atoms with van der Waals surface area (Å²) in [5.74, 6) is 0.484. The Balaban J connectivity index is 1.62. The van der Waals surface area contributed by atoms with Crippen molar-refractivity contribution in [2.45, 2.75) is 18.9 Å². The minimum absolute atomic E-state index is 0.0218. The molecule has 1 unspecified atom stereocenters. The minimum atomic E-state index is -0.0295. The first kappa shape index (κ1) is 9.95. The Labute approximate surface area is 97.4 Å². The summed E-state index contributed by atoms with van der Waals surface area (Å²) in [5.41, 5.74) is 2.38. The molecule has 1 aromatic carbocycles. The van der Waals surface area contributed by atoms with Gasteiger partial charge in [0.15, 0.2) is 5.82 Å². The van der Waals surface area contributed by atoms with Gasteiger partial charge < -0.3 is 5.32 Å². The van der Waals surface area contributed by atoms with Gasteiger partial charge in [-0.3, -0.25) is 4.79 Å². The maximum Gasteiger partial charge on any atom is 0.228 e. The van der Waals surface area contributed by atoms with Gasteiger partial charge in [-0.1, -0.05) is 29.5 Å². The van der Waals surface area contributed by atoms with Crippen molar-refractivity contribution in [1.82, 2.24) is 25.9 Å². The van der Waals surface area contributed by atoms with Crippen molar-refractivity contribution < 1.29 is 4.79 Å². The molecule has 0 bridgehead atoms. The average molecular weight is 229 g/mol. The Morgan fingerprint density at radius 3 is 3.12 bits per heavy atom. The monoisotopic (exact) mass is 229 g/mol. The lowest BCUT2D eigenvalue weighted by Gasteiger charge is -2.28. The number of aromatic nitrogens is 4. The molecular formula is C11H11N5O. The van der Waals surface area contributed by atoms with Crippen LogP contribution in [0.1, 0.15) is 22.9 Å². The average Bonchev–Trinajstić information content (AvgIpc) is 2.81. The molecule has 1 aliphatic rings. The van der Waals surface area contributed by atoms with Gasteiger partial charge in [-0.15, -0.1) is 10.2 Å². The highest BCUT2D eigenvalue weighted by atomic mass is 16.1. The summed E-state index contributed by atoms with van der Waals surface area (Å²) in [7, 11) is 0. The highest BCUT2D eigenvalue weighted by Crippen LogP contribution is 2.34. The maximum atomic E-state index is 11.9. The Kier molecular flexibility index (Phi) is 2.32. The molecule has 6 heteroatoms. The highest BCUT2D eigenvalue weighted by Gasteiger charge is 2.31. The number of nitrogens with one attached hydrogen (secondary N) is 2. The van der Waals surface area contributed by atoms with E-state index in [4.69, 9.17) is 0 Å². The molecule has 0 aliphatic heterocycles. The van der Waals surface area contributed by atoms with Crippen molar-refractivity contribution in [1.29, 1.82) is 0 Å². The first-order valence-electron chi connectivity index (χ1n) is 5.42. The first-order chi connectivity index (χ1) is 8.34. The molecular weight excluding hydrogens is 218 g/mol. The molecule has 0 radical (unpaired) electrons. The van der Waals surface area contributed by atoms with Crippen molar-refractivity contribution in [3.63, 3.8) is 0 Å². The lowest BCUT2D eigenvalue weighted by atomic mass is 9.77. The van der Waals surface area contributed by atoms with E-state index in [1.807, 2.05) is 18.2 Å². The molecule has 1 amide bonds. The Hall–Kier alpha value is -2.24. The Bertz CT molecular complexity index is 537. The number of carbonyl (C=O) groups is 1. The van der Waals surface area contributed by atoms with Crippen molar-refractivity contribution in [2.24, 2.45) is 0 Å². The van der Waals surface area contributed by atoms with E-state index in [2.05, 4.69) is 32.0 Å². The third kappa shape index (κ3) is 1.77. The summed E-state index contributed by atoms with van der Waals surface area (Å²) in [6.45, 7) is 0.313. The van der Waals surface area contributed by atoms with Crippen LogP contribution in [0.2, 0.25) is 0 Å². The molecule has 86 valence electrons. The van der Waals surface area contributed by atoms with E-state index in [9.17, 15) is 4.79 Å².